The number of H-pyrrole nitrogens is 1. The molecule has 0 unspecified atom stereocenters. The summed E-state index contributed by atoms with van der Waals surface area (Å²) >= 11 is 0. The molecule has 202 valence electrons. The molecule has 2 atom stereocenters. The van der Waals surface area contributed by atoms with Crippen molar-refractivity contribution in [1.82, 2.24) is 19.4 Å². The highest BCUT2D eigenvalue weighted by molar-refractivity contribution is 5.80. The number of fused-ring (bicyclic) bond motifs is 1. The average Bonchev–Trinajstić information content (AvgIpc) is 3.38. The van der Waals surface area contributed by atoms with Gasteiger partial charge >= 0.3 is 0 Å². The highest BCUT2D eigenvalue weighted by atomic mass is 19.1. The maximum absolute atomic E-state index is 13.6. The maximum Gasteiger partial charge on any atom is 0.260 e. The molecule has 2 aliphatic rings. The summed E-state index contributed by atoms with van der Waals surface area (Å²) in [7, 11) is 0. The van der Waals surface area contributed by atoms with E-state index in [1.54, 1.807) is 18.2 Å². The highest BCUT2D eigenvalue weighted by Gasteiger charge is 2.39. The molecule has 1 aliphatic carbocycles. The van der Waals surface area contributed by atoms with E-state index in [-0.39, 0.29) is 35.5 Å². The summed E-state index contributed by atoms with van der Waals surface area (Å²) in [6.07, 6.45) is 6.69. The zero-order valence-electron chi connectivity index (χ0n) is 21.9. The first-order chi connectivity index (χ1) is 18.9. The van der Waals surface area contributed by atoms with Gasteiger partial charge in [-0.25, -0.2) is 9.37 Å². The van der Waals surface area contributed by atoms with Crippen molar-refractivity contribution in [2.75, 3.05) is 13.1 Å². The summed E-state index contributed by atoms with van der Waals surface area (Å²) < 4.78 is 15.4. The number of carbonyl (C=O) groups excluding carboxylic acids is 1. The molecule has 6 rings (SSSR count). The van der Waals surface area contributed by atoms with E-state index in [2.05, 4.69) is 4.98 Å². The summed E-state index contributed by atoms with van der Waals surface area (Å²) in [5.74, 6) is 0.265. The number of nitrogens with one attached hydrogen (secondary N) is 1. The molecular formula is C31H33FN4O3. The Bertz CT molecular complexity index is 1520. The fraction of sp³-hybridized carbons (Fsp3) is 0.387. The van der Waals surface area contributed by atoms with Crippen LogP contribution in [0.4, 0.5) is 4.39 Å². The predicted octanol–water partition coefficient (Wildman–Crippen LogP) is 4.72. The Morgan fingerprint density at radius 1 is 1.03 bits per heavy atom. The zero-order chi connectivity index (χ0) is 27.0. The second-order valence-corrected chi connectivity index (χ2v) is 11.0. The van der Waals surface area contributed by atoms with Crippen molar-refractivity contribution in [3.8, 4) is 5.69 Å². The van der Waals surface area contributed by atoms with Crippen LogP contribution in [0.2, 0.25) is 0 Å². The standard InChI is InChI=1S/C31H33FN4O3/c32-22-12-10-21(11-13-22)24-8-4-5-9-25(24)30(38)35-18-15-31(39,16-19-35)20-27-33-28-26(29(37)34-27)14-17-36(28)23-6-2-1-3-7-23/h1-3,6-7,10-14,17,24-25,39H,4-5,8-9,15-16,18-20H2,(H,33,34,37)/t24-,25+/m0/s1. The number of hydrogen-bond donors (Lipinski definition) is 2. The fourth-order valence-corrected chi connectivity index (χ4v) is 6.35. The Morgan fingerprint density at radius 2 is 1.74 bits per heavy atom. The molecule has 2 fully saturated rings. The number of aromatic nitrogens is 3. The molecule has 39 heavy (non-hydrogen) atoms. The molecule has 1 saturated heterocycles. The molecule has 0 bridgehead atoms. The second-order valence-electron chi connectivity index (χ2n) is 11.0. The van der Waals surface area contributed by atoms with Crippen LogP contribution in [-0.2, 0) is 11.2 Å². The van der Waals surface area contributed by atoms with Gasteiger partial charge in [0.1, 0.15) is 11.6 Å². The van der Waals surface area contributed by atoms with Crippen LogP contribution in [0, 0.1) is 11.7 Å². The lowest BCUT2D eigenvalue weighted by Crippen LogP contribution is -2.50. The van der Waals surface area contributed by atoms with Crippen LogP contribution in [0.1, 0.15) is 55.8 Å². The summed E-state index contributed by atoms with van der Waals surface area (Å²) in [5.41, 5.74) is 1.19. The molecule has 8 heteroatoms. The van der Waals surface area contributed by atoms with Gasteiger partial charge in [0.25, 0.3) is 5.56 Å². The number of likely N-dealkylation sites (tertiary alicyclic amines) is 1. The van der Waals surface area contributed by atoms with Crippen molar-refractivity contribution < 1.29 is 14.3 Å². The van der Waals surface area contributed by atoms with E-state index in [1.807, 2.05) is 46.0 Å². The van der Waals surface area contributed by atoms with E-state index in [9.17, 15) is 19.1 Å². The minimum atomic E-state index is -1.06. The number of piperidine rings is 1. The average molecular weight is 529 g/mol. The number of rotatable bonds is 5. The van der Waals surface area contributed by atoms with Crippen molar-refractivity contribution in [3.05, 3.63) is 94.4 Å². The number of nitrogens with zero attached hydrogens (tertiary/aromatic N) is 3. The molecule has 2 aromatic heterocycles. The molecule has 1 aliphatic heterocycles. The summed E-state index contributed by atoms with van der Waals surface area (Å²) in [6, 6.07) is 18.0. The van der Waals surface area contributed by atoms with Crippen molar-refractivity contribution >= 4 is 16.9 Å². The quantitative estimate of drug-likeness (QED) is 0.392. The third-order valence-corrected chi connectivity index (χ3v) is 8.52. The first-order valence-electron chi connectivity index (χ1n) is 13.8. The molecule has 0 spiro atoms. The minimum absolute atomic E-state index is 0.0921. The van der Waals surface area contributed by atoms with Crippen LogP contribution in [0.3, 0.4) is 0 Å². The maximum atomic E-state index is 13.6. The van der Waals surface area contributed by atoms with E-state index >= 15 is 0 Å². The third-order valence-electron chi connectivity index (χ3n) is 8.52. The zero-order valence-corrected chi connectivity index (χ0v) is 21.9. The van der Waals surface area contributed by atoms with Crippen LogP contribution in [0.5, 0.6) is 0 Å². The topological polar surface area (TPSA) is 91.2 Å². The molecule has 3 heterocycles. The molecule has 1 amide bonds. The number of carbonyl (C=O) groups is 1. The van der Waals surface area contributed by atoms with E-state index in [1.165, 1.54) is 12.1 Å². The molecule has 7 nitrogen and oxygen atoms in total. The second kappa shape index (κ2) is 10.4. The van der Waals surface area contributed by atoms with Gasteiger partial charge in [-0.05, 0) is 67.5 Å². The van der Waals surface area contributed by atoms with Gasteiger partial charge in [0.2, 0.25) is 5.91 Å². The molecule has 2 aromatic carbocycles. The van der Waals surface area contributed by atoms with Gasteiger partial charge < -0.3 is 19.6 Å². The number of benzene rings is 2. The minimum Gasteiger partial charge on any atom is -0.389 e. The monoisotopic (exact) mass is 528 g/mol. The summed E-state index contributed by atoms with van der Waals surface area (Å²) in [5, 5.41) is 11.9. The summed E-state index contributed by atoms with van der Waals surface area (Å²) in [4.78, 5) is 35.9. The van der Waals surface area contributed by atoms with Gasteiger partial charge in [0, 0.05) is 37.3 Å². The predicted molar refractivity (Wildman–Crippen MR) is 147 cm³/mol. The lowest BCUT2D eigenvalue weighted by molar-refractivity contribution is -0.141. The van der Waals surface area contributed by atoms with Gasteiger partial charge in [-0.15, -0.1) is 0 Å². The molecule has 0 radical (unpaired) electrons. The summed E-state index contributed by atoms with van der Waals surface area (Å²) in [6.45, 7) is 0.906. The van der Waals surface area contributed by atoms with E-state index in [0.29, 0.717) is 42.8 Å². The number of para-hydroxylation sites is 1. The molecule has 4 aromatic rings. The van der Waals surface area contributed by atoms with Gasteiger partial charge in [-0.3, -0.25) is 9.59 Å². The smallest absolute Gasteiger partial charge is 0.260 e. The number of amides is 1. The van der Waals surface area contributed by atoms with E-state index < -0.39 is 5.60 Å². The number of aromatic amines is 1. The Labute approximate surface area is 226 Å². The number of halogens is 1. The number of aliphatic hydroxyl groups is 1. The molecule has 1 saturated carbocycles. The van der Waals surface area contributed by atoms with Gasteiger partial charge in [0.15, 0.2) is 5.65 Å². The Balaban J connectivity index is 1.16. The highest BCUT2D eigenvalue weighted by Crippen LogP contribution is 2.40. The van der Waals surface area contributed by atoms with Crippen molar-refractivity contribution in [2.24, 2.45) is 5.92 Å². The first-order valence-corrected chi connectivity index (χ1v) is 13.8. The normalized spacial score (nSPS) is 21.2. The first kappa shape index (κ1) is 25.5. The van der Waals surface area contributed by atoms with Crippen LogP contribution in [0.25, 0.3) is 16.7 Å². The lowest BCUT2D eigenvalue weighted by Gasteiger charge is -2.41. The molecular weight excluding hydrogens is 495 g/mol. The van der Waals surface area contributed by atoms with Gasteiger partial charge in [0.05, 0.1) is 11.0 Å². The SMILES string of the molecule is O=C([C@@H]1CCCC[C@H]1c1ccc(F)cc1)N1CCC(O)(Cc2nc3c(ccn3-c3ccccc3)c(=O)[nH]2)CC1. The van der Waals surface area contributed by atoms with Crippen molar-refractivity contribution in [2.45, 2.75) is 56.5 Å². The largest absolute Gasteiger partial charge is 0.389 e. The van der Waals surface area contributed by atoms with Crippen LogP contribution in [-0.4, -0.2) is 49.1 Å². The third kappa shape index (κ3) is 5.13. The van der Waals surface area contributed by atoms with Crippen molar-refractivity contribution in [1.29, 1.82) is 0 Å². The number of hydrogen-bond acceptors (Lipinski definition) is 4. The Morgan fingerprint density at radius 3 is 2.49 bits per heavy atom. The van der Waals surface area contributed by atoms with Crippen LogP contribution < -0.4 is 5.56 Å². The van der Waals surface area contributed by atoms with Gasteiger partial charge in [-0.2, -0.15) is 0 Å². The van der Waals surface area contributed by atoms with Crippen LogP contribution >= 0.6 is 0 Å². The van der Waals surface area contributed by atoms with Crippen LogP contribution in [0.15, 0.2) is 71.7 Å². The fourth-order valence-electron chi connectivity index (χ4n) is 6.35. The van der Waals surface area contributed by atoms with Gasteiger partial charge in [-0.1, -0.05) is 43.2 Å². The van der Waals surface area contributed by atoms with Crippen molar-refractivity contribution in [3.63, 3.8) is 0 Å². The van der Waals surface area contributed by atoms with E-state index in [4.69, 9.17) is 4.98 Å². The lowest BCUT2D eigenvalue weighted by atomic mass is 9.74. The van der Waals surface area contributed by atoms with E-state index in [0.717, 1.165) is 36.9 Å². The molecule has 2 N–H and O–H groups in total. The Hall–Kier alpha value is -3.78. The Kier molecular flexibility index (Phi) is 6.81.